The van der Waals surface area contributed by atoms with Gasteiger partial charge in [-0.05, 0) is 13.3 Å². The molecule has 0 amide bonds. The molecular weight excluding hydrogens is 182 g/mol. The lowest BCUT2D eigenvalue weighted by Gasteiger charge is -2.39. The van der Waals surface area contributed by atoms with Crippen LogP contribution >= 0.6 is 11.3 Å². The molecular formula is C9H15N3S. The Bertz CT molecular complexity index is 282. The van der Waals surface area contributed by atoms with Crippen molar-refractivity contribution in [2.75, 3.05) is 13.1 Å². The molecule has 0 radical (unpaired) electrons. The Morgan fingerprint density at radius 3 is 3.08 bits per heavy atom. The molecule has 4 heteroatoms. The van der Waals surface area contributed by atoms with Gasteiger partial charge in [0.15, 0.2) is 0 Å². The minimum absolute atomic E-state index is 0.601. The van der Waals surface area contributed by atoms with E-state index in [9.17, 15) is 0 Å². The first kappa shape index (κ1) is 9.12. The Morgan fingerprint density at radius 2 is 2.62 bits per heavy atom. The fourth-order valence-electron chi connectivity index (χ4n) is 1.62. The molecule has 2 heterocycles. The number of nitrogens with zero attached hydrogens (tertiary/aromatic N) is 2. The number of aryl methyl sites for hydroxylation is 1. The van der Waals surface area contributed by atoms with E-state index >= 15 is 0 Å². The van der Waals surface area contributed by atoms with E-state index in [1.54, 1.807) is 11.3 Å². The first-order valence-electron chi connectivity index (χ1n) is 4.64. The van der Waals surface area contributed by atoms with E-state index in [4.69, 9.17) is 5.73 Å². The fourth-order valence-corrected chi connectivity index (χ4v) is 2.41. The van der Waals surface area contributed by atoms with E-state index in [0.717, 1.165) is 18.8 Å². The summed E-state index contributed by atoms with van der Waals surface area (Å²) in [6.45, 7) is 4.99. The van der Waals surface area contributed by atoms with E-state index in [-0.39, 0.29) is 0 Å². The van der Waals surface area contributed by atoms with Crippen molar-refractivity contribution in [1.82, 2.24) is 9.88 Å². The number of aromatic nitrogens is 1. The van der Waals surface area contributed by atoms with Gasteiger partial charge in [0.1, 0.15) is 5.01 Å². The largest absolute Gasteiger partial charge is 0.329 e. The average Bonchev–Trinajstić information content (AvgIpc) is 2.46. The van der Waals surface area contributed by atoms with Crippen molar-refractivity contribution in [2.45, 2.75) is 25.9 Å². The third-order valence-corrected chi connectivity index (χ3v) is 3.49. The highest BCUT2D eigenvalue weighted by Crippen LogP contribution is 2.20. The number of hydrogen-bond donors (Lipinski definition) is 1. The molecule has 13 heavy (non-hydrogen) atoms. The molecule has 0 aromatic carbocycles. The number of rotatable bonds is 3. The van der Waals surface area contributed by atoms with E-state index in [2.05, 4.69) is 15.3 Å². The van der Waals surface area contributed by atoms with Crippen LogP contribution in [0.25, 0.3) is 0 Å². The van der Waals surface area contributed by atoms with Crippen molar-refractivity contribution >= 4 is 11.3 Å². The predicted octanol–water partition coefficient (Wildman–Crippen LogP) is 0.985. The Kier molecular flexibility index (Phi) is 2.62. The SMILES string of the molecule is Cc1csc(CN2CCC2CN)n1. The van der Waals surface area contributed by atoms with Gasteiger partial charge in [-0.25, -0.2) is 4.98 Å². The maximum Gasteiger partial charge on any atom is 0.107 e. The number of thiazole rings is 1. The van der Waals surface area contributed by atoms with E-state index in [0.29, 0.717) is 6.04 Å². The van der Waals surface area contributed by atoms with Crippen LogP contribution in [0.3, 0.4) is 0 Å². The number of likely N-dealkylation sites (tertiary alicyclic amines) is 1. The van der Waals surface area contributed by atoms with Gasteiger partial charge < -0.3 is 5.73 Å². The Morgan fingerprint density at radius 1 is 1.77 bits per heavy atom. The monoisotopic (exact) mass is 197 g/mol. The topological polar surface area (TPSA) is 42.1 Å². The molecule has 1 aromatic rings. The molecule has 2 rings (SSSR count). The van der Waals surface area contributed by atoms with Crippen LogP contribution in [0.4, 0.5) is 0 Å². The van der Waals surface area contributed by atoms with Gasteiger partial charge in [0, 0.05) is 30.2 Å². The predicted molar refractivity (Wildman–Crippen MR) is 54.7 cm³/mol. The Hall–Kier alpha value is -0.450. The zero-order valence-electron chi connectivity index (χ0n) is 7.86. The molecule has 1 fully saturated rings. The van der Waals surface area contributed by atoms with Crippen LogP contribution in [-0.4, -0.2) is 29.0 Å². The normalized spacial score (nSPS) is 23.1. The van der Waals surface area contributed by atoms with Crippen molar-refractivity contribution < 1.29 is 0 Å². The summed E-state index contributed by atoms with van der Waals surface area (Å²) >= 11 is 1.75. The summed E-state index contributed by atoms with van der Waals surface area (Å²) in [6.07, 6.45) is 1.25. The molecule has 1 unspecified atom stereocenters. The molecule has 2 N–H and O–H groups in total. The van der Waals surface area contributed by atoms with Crippen LogP contribution in [0.2, 0.25) is 0 Å². The zero-order valence-corrected chi connectivity index (χ0v) is 8.68. The lowest BCUT2D eigenvalue weighted by atomic mass is 10.0. The summed E-state index contributed by atoms with van der Waals surface area (Å²) in [7, 11) is 0. The summed E-state index contributed by atoms with van der Waals surface area (Å²) in [5.41, 5.74) is 6.75. The quantitative estimate of drug-likeness (QED) is 0.785. The van der Waals surface area contributed by atoms with E-state index in [1.165, 1.54) is 18.0 Å². The van der Waals surface area contributed by atoms with Gasteiger partial charge in [-0.1, -0.05) is 0 Å². The lowest BCUT2D eigenvalue weighted by Crippen LogP contribution is -2.50. The van der Waals surface area contributed by atoms with Crippen LogP contribution in [0.1, 0.15) is 17.1 Å². The molecule has 1 atom stereocenters. The van der Waals surface area contributed by atoms with Gasteiger partial charge in [-0.15, -0.1) is 11.3 Å². The summed E-state index contributed by atoms with van der Waals surface area (Å²) in [4.78, 5) is 6.84. The van der Waals surface area contributed by atoms with Crippen molar-refractivity contribution in [2.24, 2.45) is 5.73 Å². The smallest absolute Gasteiger partial charge is 0.107 e. The maximum absolute atomic E-state index is 5.62. The average molecular weight is 197 g/mol. The van der Waals surface area contributed by atoms with Gasteiger partial charge in [0.05, 0.1) is 6.54 Å². The van der Waals surface area contributed by atoms with Crippen molar-refractivity contribution in [1.29, 1.82) is 0 Å². The number of hydrogen-bond acceptors (Lipinski definition) is 4. The number of nitrogens with two attached hydrogens (primary N) is 1. The van der Waals surface area contributed by atoms with Crippen LogP contribution < -0.4 is 5.73 Å². The molecule has 1 aliphatic rings. The standard InChI is InChI=1S/C9H15N3S/c1-7-6-13-9(11-7)5-12-3-2-8(12)4-10/h6,8H,2-5,10H2,1H3. The minimum atomic E-state index is 0.601. The molecule has 72 valence electrons. The molecule has 3 nitrogen and oxygen atoms in total. The second-order valence-corrected chi connectivity index (χ2v) is 4.47. The van der Waals surface area contributed by atoms with Crippen LogP contribution in [0.15, 0.2) is 5.38 Å². The van der Waals surface area contributed by atoms with Gasteiger partial charge in [0.2, 0.25) is 0 Å². The van der Waals surface area contributed by atoms with Crippen LogP contribution in [0.5, 0.6) is 0 Å². The summed E-state index contributed by atoms with van der Waals surface area (Å²) in [5, 5.41) is 3.32. The second-order valence-electron chi connectivity index (χ2n) is 3.53. The third kappa shape index (κ3) is 1.90. The second kappa shape index (κ2) is 3.74. The maximum atomic E-state index is 5.62. The van der Waals surface area contributed by atoms with Crippen molar-refractivity contribution in [3.8, 4) is 0 Å². The summed E-state index contributed by atoms with van der Waals surface area (Å²) in [6, 6.07) is 0.601. The van der Waals surface area contributed by atoms with Crippen LogP contribution in [-0.2, 0) is 6.54 Å². The van der Waals surface area contributed by atoms with Gasteiger partial charge in [0.25, 0.3) is 0 Å². The molecule has 1 aromatic heterocycles. The first-order valence-corrected chi connectivity index (χ1v) is 5.52. The summed E-state index contributed by atoms with van der Waals surface area (Å²) in [5.74, 6) is 0. The highest BCUT2D eigenvalue weighted by molar-refractivity contribution is 7.09. The van der Waals surface area contributed by atoms with Gasteiger partial charge in [-0.2, -0.15) is 0 Å². The lowest BCUT2D eigenvalue weighted by molar-refractivity contribution is 0.0881. The van der Waals surface area contributed by atoms with Gasteiger partial charge >= 0.3 is 0 Å². The highest BCUT2D eigenvalue weighted by Gasteiger charge is 2.26. The molecule has 0 aliphatic carbocycles. The molecule has 0 spiro atoms. The van der Waals surface area contributed by atoms with Crippen LogP contribution in [0, 0.1) is 6.92 Å². The minimum Gasteiger partial charge on any atom is -0.329 e. The van der Waals surface area contributed by atoms with Crippen molar-refractivity contribution in [3.63, 3.8) is 0 Å². The fraction of sp³-hybridized carbons (Fsp3) is 0.667. The molecule has 0 saturated carbocycles. The van der Waals surface area contributed by atoms with Crippen molar-refractivity contribution in [3.05, 3.63) is 16.1 Å². The summed E-state index contributed by atoms with van der Waals surface area (Å²) < 4.78 is 0. The van der Waals surface area contributed by atoms with E-state index < -0.39 is 0 Å². The Balaban J connectivity index is 1.91. The Labute approximate surface area is 82.6 Å². The van der Waals surface area contributed by atoms with Gasteiger partial charge in [-0.3, -0.25) is 4.90 Å². The molecule has 0 bridgehead atoms. The third-order valence-electron chi connectivity index (χ3n) is 2.54. The van der Waals surface area contributed by atoms with E-state index in [1.807, 2.05) is 6.92 Å². The first-order chi connectivity index (χ1) is 6.29. The zero-order chi connectivity index (χ0) is 9.26. The molecule has 1 aliphatic heterocycles. The molecule has 1 saturated heterocycles. The highest BCUT2D eigenvalue weighted by atomic mass is 32.1.